The fourth-order valence-electron chi connectivity index (χ4n) is 1.85. The van der Waals surface area contributed by atoms with E-state index in [0.717, 1.165) is 20.5 Å². The Morgan fingerprint density at radius 3 is 2.73 bits per heavy atom. The molecule has 0 aliphatic carbocycles. The van der Waals surface area contributed by atoms with Crippen molar-refractivity contribution in [3.8, 4) is 0 Å². The van der Waals surface area contributed by atoms with Crippen LogP contribution in [0.4, 0.5) is 0 Å². The lowest BCUT2D eigenvalue weighted by atomic mass is 9.98. The third-order valence-corrected chi connectivity index (χ3v) is 3.73. The number of hydrogen-bond acceptors (Lipinski definition) is 2. The summed E-state index contributed by atoms with van der Waals surface area (Å²) in [6, 6.07) is 7.96. The van der Waals surface area contributed by atoms with Crippen LogP contribution in [-0.2, 0) is 4.79 Å². The Balaban J connectivity index is 2.68. The molecule has 0 radical (unpaired) electrons. The Morgan fingerprint density at radius 1 is 1.40 bits per heavy atom. The highest BCUT2D eigenvalue weighted by atomic mass is 32.1. The van der Waals surface area contributed by atoms with Gasteiger partial charge in [0.1, 0.15) is 0 Å². The molecule has 1 N–H and O–H groups in total. The van der Waals surface area contributed by atoms with Crippen LogP contribution in [0.25, 0.3) is 10.1 Å². The monoisotopic (exact) mass is 220 g/mol. The zero-order valence-corrected chi connectivity index (χ0v) is 9.47. The molecule has 3 heteroatoms. The molecule has 0 aliphatic heterocycles. The van der Waals surface area contributed by atoms with Crippen molar-refractivity contribution in [1.29, 1.82) is 0 Å². The van der Waals surface area contributed by atoms with Crippen LogP contribution < -0.4 is 0 Å². The molecule has 0 aliphatic rings. The van der Waals surface area contributed by atoms with Crippen LogP contribution >= 0.6 is 11.3 Å². The van der Waals surface area contributed by atoms with Crippen molar-refractivity contribution in [2.75, 3.05) is 0 Å². The van der Waals surface area contributed by atoms with Crippen molar-refractivity contribution in [3.63, 3.8) is 0 Å². The third kappa shape index (κ3) is 1.63. The number of aliphatic carboxylic acids is 1. The average molecular weight is 220 g/mol. The van der Waals surface area contributed by atoms with Gasteiger partial charge in [0.25, 0.3) is 0 Å². The Bertz CT molecular complexity index is 513. The van der Waals surface area contributed by atoms with Crippen molar-refractivity contribution < 1.29 is 9.90 Å². The summed E-state index contributed by atoms with van der Waals surface area (Å²) in [5.74, 6) is -1.19. The number of carboxylic acid groups (broad SMARTS) is 1. The van der Waals surface area contributed by atoms with E-state index in [1.807, 2.05) is 31.2 Å². The lowest BCUT2D eigenvalue weighted by Gasteiger charge is -2.06. The van der Waals surface area contributed by atoms with Crippen LogP contribution in [0.5, 0.6) is 0 Å². The molecule has 1 atom stereocenters. The van der Waals surface area contributed by atoms with E-state index in [0.29, 0.717) is 0 Å². The van der Waals surface area contributed by atoms with Gasteiger partial charge in [-0.2, -0.15) is 0 Å². The second-order valence-corrected chi connectivity index (χ2v) is 4.88. The standard InChI is InChI=1S/C12H12O2S/c1-7(12(13)14)11-8(2)15-10-6-4-3-5-9(10)11/h3-7H,1-2H3,(H,13,14). The molecular formula is C12H12O2S. The van der Waals surface area contributed by atoms with Gasteiger partial charge in [-0.25, -0.2) is 0 Å². The molecule has 0 saturated heterocycles. The molecule has 15 heavy (non-hydrogen) atoms. The molecule has 1 heterocycles. The van der Waals surface area contributed by atoms with Crippen LogP contribution in [0.2, 0.25) is 0 Å². The molecule has 1 aromatic carbocycles. The maximum absolute atomic E-state index is 11.0. The number of thiophene rings is 1. The van der Waals surface area contributed by atoms with Gasteiger partial charge in [-0.15, -0.1) is 11.3 Å². The first-order chi connectivity index (χ1) is 7.11. The topological polar surface area (TPSA) is 37.3 Å². The fraction of sp³-hybridized carbons (Fsp3) is 0.250. The van der Waals surface area contributed by atoms with E-state index in [-0.39, 0.29) is 0 Å². The van der Waals surface area contributed by atoms with Gasteiger partial charge in [-0.1, -0.05) is 18.2 Å². The summed E-state index contributed by atoms with van der Waals surface area (Å²) in [7, 11) is 0. The molecule has 0 saturated carbocycles. The largest absolute Gasteiger partial charge is 0.481 e. The summed E-state index contributed by atoms with van der Waals surface area (Å²) >= 11 is 1.66. The molecule has 0 spiro atoms. The molecule has 2 aromatic rings. The average Bonchev–Trinajstić information content (AvgIpc) is 2.52. The first-order valence-corrected chi connectivity index (χ1v) is 5.63. The maximum atomic E-state index is 11.0. The number of benzene rings is 1. The predicted octanol–water partition coefficient (Wildman–Crippen LogP) is 3.40. The molecular weight excluding hydrogens is 208 g/mol. The maximum Gasteiger partial charge on any atom is 0.310 e. The highest BCUT2D eigenvalue weighted by Gasteiger charge is 2.20. The van der Waals surface area contributed by atoms with Crippen LogP contribution in [0.3, 0.4) is 0 Å². The van der Waals surface area contributed by atoms with Crippen LogP contribution in [0.15, 0.2) is 24.3 Å². The molecule has 2 nitrogen and oxygen atoms in total. The normalized spacial score (nSPS) is 12.9. The quantitative estimate of drug-likeness (QED) is 0.842. The number of rotatable bonds is 2. The molecule has 0 fully saturated rings. The zero-order chi connectivity index (χ0) is 11.0. The highest BCUT2D eigenvalue weighted by Crippen LogP contribution is 2.35. The minimum absolute atomic E-state index is 0.429. The summed E-state index contributed by atoms with van der Waals surface area (Å²) < 4.78 is 1.16. The van der Waals surface area contributed by atoms with E-state index in [1.165, 1.54) is 0 Å². The number of carboxylic acids is 1. The Hall–Kier alpha value is -1.35. The first-order valence-electron chi connectivity index (χ1n) is 4.82. The Morgan fingerprint density at radius 2 is 2.07 bits per heavy atom. The molecule has 78 valence electrons. The second-order valence-electron chi connectivity index (χ2n) is 3.63. The van der Waals surface area contributed by atoms with Crippen LogP contribution in [-0.4, -0.2) is 11.1 Å². The van der Waals surface area contributed by atoms with Crippen molar-refractivity contribution in [1.82, 2.24) is 0 Å². The summed E-state index contributed by atoms with van der Waals surface area (Å²) in [5.41, 5.74) is 0.961. The predicted molar refractivity (Wildman–Crippen MR) is 62.6 cm³/mol. The van der Waals surface area contributed by atoms with Gasteiger partial charge < -0.3 is 5.11 Å². The Kier molecular flexibility index (Phi) is 2.49. The molecule has 1 unspecified atom stereocenters. The Labute approximate surface area is 92.2 Å². The summed E-state index contributed by atoms with van der Waals surface area (Å²) in [6.07, 6.45) is 0. The molecule has 0 bridgehead atoms. The SMILES string of the molecule is Cc1sc2ccccc2c1C(C)C(=O)O. The van der Waals surface area contributed by atoms with Crippen molar-refractivity contribution in [3.05, 3.63) is 34.7 Å². The van der Waals surface area contributed by atoms with Crippen molar-refractivity contribution in [2.24, 2.45) is 0 Å². The van der Waals surface area contributed by atoms with Crippen LogP contribution in [0.1, 0.15) is 23.3 Å². The second kappa shape index (κ2) is 3.66. The highest BCUT2D eigenvalue weighted by molar-refractivity contribution is 7.19. The number of hydrogen-bond donors (Lipinski definition) is 1. The van der Waals surface area contributed by atoms with E-state index in [1.54, 1.807) is 18.3 Å². The minimum atomic E-state index is -0.762. The summed E-state index contributed by atoms with van der Waals surface area (Å²) in [4.78, 5) is 12.1. The summed E-state index contributed by atoms with van der Waals surface area (Å²) in [6.45, 7) is 3.73. The van der Waals surface area contributed by atoms with E-state index in [2.05, 4.69) is 0 Å². The summed E-state index contributed by atoms with van der Waals surface area (Å²) in [5, 5.41) is 10.1. The van der Waals surface area contributed by atoms with E-state index in [9.17, 15) is 4.79 Å². The lowest BCUT2D eigenvalue weighted by molar-refractivity contribution is -0.138. The number of aryl methyl sites for hydroxylation is 1. The third-order valence-electron chi connectivity index (χ3n) is 2.62. The fourth-order valence-corrected chi connectivity index (χ4v) is 3.01. The van der Waals surface area contributed by atoms with Gasteiger partial charge in [0.05, 0.1) is 5.92 Å². The van der Waals surface area contributed by atoms with Gasteiger partial charge in [0.2, 0.25) is 0 Å². The van der Waals surface area contributed by atoms with E-state index in [4.69, 9.17) is 5.11 Å². The number of carbonyl (C=O) groups is 1. The van der Waals surface area contributed by atoms with E-state index < -0.39 is 11.9 Å². The van der Waals surface area contributed by atoms with E-state index >= 15 is 0 Å². The van der Waals surface area contributed by atoms with Gasteiger partial charge >= 0.3 is 5.97 Å². The minimum Gasteiger partial charge on any atom is -0.481 e. The lowest BCUT2D eigenvalue weighted by Crippen LogP contribution is -2.07. The molecule has 2 rings (SSSR count). The van der Waals surface area contributed by atoms with Gasteiger partial charge in [0.15, 0.2) is 0 Å². The number of fused-ring (bicyclic) bond motifs is 1. The molecule has 1 aromatic heterocycles. The first kappa shape index (κ1) is 10.2. The smallest absolute Gasteiger partial charge is 0.310 e. The van der Waals surface area contributed by atoms with Crippen LogP contribution in [0, 0.1) is 6.92 Å². The molecule has 0 amide bonds. The van der Waals surface area contributed by atoms with Gasteiger partial charge in [0, 0.05) is 9.58 Å². The van der Waals surface area contributed by atoms with Crippen molar-refractivity contribution in [2.45, 2.75) is 19.8 Å². The van der Waals surface area contributed by atoms with Crippen molar-refractivity contribution >= 4 is 27.4 Å². The van der Waals surface area contributed by atoms with Gasteiger partial charge in [-0.05, 0) is 30.9 Å². The zero-order valence-electron chi connectivity index (χ0n) is 8.65. The van der Waals surface area contributed by atoms with Gasteiger partial charge in [-0.3, -0.25) is 4.79 Å².